The highest BCUT2D eigenvalue weighted by Gasteiger charge is 2.33. The van der Waals surface area contributed by atoms with Crippen LogP contribution in [0.15, 0.2) is 48.5 Å². The Hall–Kier alpha value is -3.68. The molecule has 0 saturated carbocycles. The van der Waals surface area contributed by atoms with Crippen LogP contribution in [-0.4, -0.2) is 48.8 Å². The van der Waals surface area contributed by atoms with Gasteiger partial charge in [-0.05, 0) is 42.8 Å². The molecular formula is C24H27N3O5. The molecule has 0 radical (unpaired) electrons. The lowest BCUT2D eigenvalue weighted by atomic mass is 10.1. The second-order valence-corrected chi connectivity index (χ2v) is 7.65. The molecule has 0 aromatic heterocycles. The largest absolute Gasteiger partial charge is 0.465 e. The number of carbonyl (C=O) groups is 4. The second kappa shape index (κ2) is 10.6. The average molecular weight is 437 g/mol. The molecule has 0 spiro atoms. The van der Waals surface area contributed by atoms with Crippen molar-refractivity contribution in [3.8, 4) is 0 Å². The number of hydrogen-bond acceptors (Lipinski definition) is 5. The Bertz CT molecular complexity index is 1000. The van der Waals surface area contributed by atoms with E-state index in [1.54, 1.807) is 53.4 Å². The van der Waals surface area contributed by atoms with E-state index < -0.39 is 11.9 Å². The molecule has 0 bridgehead atoms. The zero-order chi connectivity index (χ0) is 23.1. The first-order chi connectivity index (χ1) is 15.4. The van der Waals surface area contributed by atoms with Gasteiger partial charge in [-0.25, -0.2) is 4.79 Å². The number of unbranched alkanes of at least 4 members (excludes halogenated alkanes) is 1. The lowest BCUT2D eigenvalue weighted by Crippen LogP contribution is -2.29. The van der Waals surface area contributed by atoms with Crippen LogP contribution < -0.4 is 10.6 Å². The van der Waals surface area contributed by atoms with Gasteiger partial charge in [0.2, 0.25) is 11.8 Å². The van der Waals surface area contributed by atoms with Crippen molar-refractivity contribution >= 4 is 35.1 Å². The molecule has 1 saturated heterocycles. The first-order valence-corrected chi connectivity index (χ1v) is 10.6. The molecule has 168 valence electrons. The summed E-state index contributed by atoms with van der Waals surface area (Å²) in [6, 6.07) is 13.0. The molecule has 3 rings (SSSR count). The molecule has 1 atom stereocenters. The number of rotatable bonds is 8. The number of benzene rings is 2. The monoisotopic (exact) mass is 437 g/mol. The van der Waals surface area contributed by atoms with E-state index in [1.165, 1.54) is 7.11 Å². The van der Waals surface area contributed by atoms with Gasteiger partial charge >= 0.3 is 5.97 Å². The molecular weight excluding hydrogens is 410 g/mol. The van der Waals surface area contributed by atoms with Crippen molar-refractivity contribution in [2.75, 3.05) is 30.8 Å². The molecule has 1 fully saturated rings. The van der Waals surface area contributed by atoms with Crippen LogP contribution >= 0.6 is 0 Å². The zero-order valence-corrected chi connectivity index (χ0v) is 18.2. The Labute approximate surface area is 186 Å². The highest BCUT2D eigenvalue weighted by atomic mass is 16.5. The summed E-state index contributed by atoms with van der Waals surface area (Å²) in [4.78, 5) is 50.8. The van der Waals surface area contributed by atoms with E-state index in [0.29, 0.717) is 30.0 Å². The fraction of sp³-hybridized carbons (Fsp3) is 0.333. The summed E-state index contributed by atoms with van der Waals surface area (Å²) in [6.07, 6.45) is 2.14. The number of hydrogen-bond donors (Lipinski definition) is 2. The molecule has 1 aliphatic rings. The van der Waals surface area contributed by atoms with Crippen LogP contribution in [0, 0.1) is 5.92 Å². The van der Waals surface area contributed by atoms with Crippen LogP contribution in [-0.2, 0) is 14.3 Å². The number of esters is 1. The van der Waals surface area contributed by atoms with E-state index in [-0.39, 0.29) is 29.7 Å². The molecule has 1 heterocycles. The molecule has 1 aliphatic heterocycles. The summed E-state index contributed by atoms with van der Waals surface area (Å²) in [5.41, 5.74) is 1.51. The van der Waals surface area contributed by atoms with Gasteiger partial charge in [-0.15, -0.1) is 0 Å². The van der Waals surface area contributed by atoms with Crippen molar-refractivity contribution in [3.63, 3.8) is 0 Å². The van der Waals surface area contributed by atoms with E-state index in [2.05, 4.69) is 17.6 Å². The van der Waals surface area contributed by atoms with Crippen LogP contribution in [0.3, 0.4) is 0 Å². The summed E-state index contributed by atoms with van der Waals surface area (Å²) < 4.78 is 4.74. The van der Waals surface area contributed by atoms with Crippen LogP contribution in [0.1, 0.15) is 46.9 Å². The molecule has 0 aliphatic carbocycles. The third kappa shape index (κ3) is 5.51. The number of ether oxygens (including phenoxy) is 1. The summed E-state index contributed by atoms with van der Waals surface area (Å²) in [6.45, 7) is 3.18. The lowest BCUT2D eigenvalue weighted by molar-refractivity contribution is -0.128. The number of carbonyl (C=O) groups excluding carboxylic acids is 4. The topological polar surface area (TPSA) is 105 Å². The third-order valence-electron chi connectivity index (χ3n) is 5.36. The summed E-state index contributed by atoms with van der Waals surface area (Å²) in [5.74, 6) is -1.51. The van der Waals surface area contributed by atoms with Crippen molar-refractivity contribution in [3.05, 3.63) is 59.7 Å². The van der Waals surface area contributed by atoms with Gasteiger partial charge in [-0.3, -0.25) is 14.4 Å². The maximum atomic E-state index is 12.6. The normalized spacial score (nSPS) is 15.4. The van der Waals surface area contributed by atoms with Gasteiger partial charge in [0.15, 0.2) is 0 Å². The third-order valence-corrected chi connectivity index (χ3v) is 5.36. The fourth-order valence-electron chi connectivity index (χ4n) is 3.54. The molecule has 2 aromatic rings. The molecule has 3 amide bonds. The minimum absolute atomic E-state index is 0.0119. The maximum absolute atomic E-state index is 12.6. The van der Waals surface area contributed by atoms with E-state index in [9.17, 15) is 19.2 Å². The number of nitrogens with zero attached hydrogens (tertiary/aromatic N) is 1. The van der Waals surface area contributed by atoms with Gasteiger partial charge in [0.25, 0.3) is 5.91 Å². The number of anilines is 2. The molecule has 8 heteroatoms. The zero-order valence-electron chi connectivity index (χ0n) is 18.2. The van der Waals surface area contributed by atoms with Gasteiger partial charge in [-0.2, -0.15) is 0 Å². The lowest BCUT2D eigenvalue weighted by Gasteiger charge is -2.16. The molecule has 0 unspecified atom stereocenters. The van der Waals surface area contributed by atoms with Gasteiger partial charge in [0.1, 0.15) is 0 Å². The first-order valence-electron chi connectivity index (χ1n) is 10.6. The molecule has 32 heavy (non-hydrogen) atoms. The minimum atomic E-state index is -0.544. The van der Waals surface area contributed by atoms with Crippen molar-refractivity contribution in [1.82, 2.24) is 4.90 Å². The fourth-order valence-corrected chi connectivity index (χ4v) is 3.54. The van der Waals surface area contributed by atoms with Crippen molar-refractivity contribution in [1.29, 1.82) is 0 Å². The van der Waals surface area contributed by atoms with E-state index in [0.717, 1.165) is 12.8 Å². The average Bonchev–Trinajstić information content (AvgIpc) is 3.18. The first kappa shape index (κ1) is 23.0. The number of methoxy groups -OCH3 is 1. The second-order valence-electron chi connectivity index (χ2n) is 7.65. The smallest absolute Gasteiger partial charge is 0.339 e. The predicted molar refractivity (Wildman–Crippen MR) is 120 cm³/mol. The van der Waals surface area contributed by atoms with Crippen molar-refractivity contribution in [2.24, 2.45) is 5.92 Å². The highest BCUT2D eigenvalue weighted by molar-refractivity contribution is 6.08. The predicted octanol–water partition coefficient (Wildman–Crippen LogP) is 3.31. The number of para-hydroxylation sites is 1. The Balaban J connectivity index is 1.60. The highest BCUT2D eigenvalue weighted by Crippen LogP contribution is 2.21. The summed E-state index contributed by atoms with van der Waals surface area (Å²) in [7, 11) is 1.28. The van der Waals surface area contributed by atoms with Gasteiger partial charge in [0.05, 0.1) is 24.3 Å². The quantitative estimate of drug-likeness (QED) is 0.617. The van der Waals surface area contributed by atoms with Gasteiger partial charge < -0.3 is 20.3 Å². The Morgan fingerprint density at radius 2 is 1.78 bits per heavy atom. The van der Waals surface area contributed by atoms with Crippen molar-refractivity contribution in [2.45, 2.75) is 26.2 Å². The number of likely N-dealkylation sites (tertiary alicyclic amines) is 1. The van der Waals surface area contributed by atoms with Crippen LogP contribution in [0.2, 0.25) is 0 Å². The SMILES string of the molecule is CCCCN1C[C@@H](C(=O)Nc2ccc(C(=O)Nc3ccccc3C(=O)OC)cc2)CC1=O. The Kier molecular flexibility index (Phi) is 7.59. The molecule has 2 aromatic carbocycles. The van der Waals surface area contributed by atoms with Crippen LogP contribution in [0.4, 0.5) is 11.4 Å². The molecule has 8 nitrogen and oxygen atoms in total. The number of amides is 3. The van der Waals surface area contributed by atoms with Crippen molar-refractivity contribution < 1.29 is 23.9 Å². The maximum Gasteiger partial charge on any atom is 0.339 e. The van der Waals surface area contributed by atoms with Crippen LogP contribution in [0.25, 0.3) is 0 Å². The van der Waals surface area contributed by atoms with Gasteiger partial charge in [-0.1, -0.05) is 25.5 Å². The van der Waals surface area contributed by atoms with E-state index in [4.69, 9.17) is 4.74 Å². The summed E-state index contributed by atoms with van der Waals surface area (Å²) >= 11 is 0. The Morgan fingerprint density at radius 1 is 1.06 bits per heavy atom. The molecule has 2 N–H and O–H groups in total. The van der Waals surface area contributed by atoms with Crippen LogP contribution in [0.5, 0.6) is 0 Å². The standard InChI is InChI=1S/C24H27N3O5/c1-3-4-13-27-15-17(14-21(27)28)23(30)25-18-11-9-16(10-12-18)22(29)26-20-8-6-5-7-19(20)24(31)32-2/h5-12,17H,3-4,13-15H2,1-2H3,(H,25,30)(H,26,29)/t17-/m0/s1. The van der Waals surface area contributed by atoms with E-state index >= 15 is 0 Å². The van der Waals surface area contributed by atoms with E-state index in [1.807, 2.05) is 0 Å². The number of nitrogens with one attached hydrogen (secondary N) is 2. The minimum Gasteiger partial charge on any atom is -0.465 e. The summed E-state index contributed by atoms with van der Waals surface area (Å²) in [5, 5.41) is 5.52. The Morgan fingerprint density at radius 3 is 2.47 bits per heavy atom. The van der Waals surface area contributed by atoms with Gasteiger partial charge in [0, 0.05) is 30.8 Å².